The predicted octanol–water partition coefficient (Wildman–Crippen LogP) is 6.73. The van der Waals surface area contributed by atoms with Crippen molar-refractivity contribution in [2.45, 2.75) is 30.8 Å². The molecular formula is C29H24FN3O2S2. The molecular weight excluding hydrogens is 505 g/mol. The fraction of sp³-hybridized carbons (Fsp3) is 0.138. The number of fused-ring (bicyclic) bond motifs is 1. The Morgan fingerprint density at radius 1 is 1.00 bits per heavy atom. The van der Waals surface area contributed by atoms with Gasteiger partial charge in [0.2, 0.25) is 5.91 Å². The molecule has 0 bridgehead atoms. The molecule has 0 radical (unpaired) electrons. The number of aromatic nitrogens is 2. The SMILES string of the molecule is Cc1sc2nc(S[C@@H](C(=O)Nc3ccc(F)cc3)c3ccccc3)n(Cc3ccccc3)c(=O)c2c1C. The molecule has 1 N–H and O–H groups in total. The second-order valence-electron chi connectivity index (χ2n) is 8.64. The molecule has 0 saturated heterocycles. The minimum atomic E-state index is -0.695. The van der Waals surface area contributed by atoms with E-state index in [1.807, 2.05) is 74.5 Å². The second-order valence-corrected chi connectivity index (χ2v) is 10.9. The molecule has 3 aromatic carbocycles. The number of thiophene rings is 1. The number of amides is 1. The number of nitrogens with zero attached hydrogens (tertiary/aromatic N) is 2. The zero-order chi connectivity index (χ0) is 25.9. The first-order valence-corrected chi connectivity index (χ1v) is 13.4. The molecule has 2 aromatic heterocycles. The van der Waals surface area contributed by atoms with Crippen LogP contribution in [0.3, 0.4) is 0 Å². The van der Waals surface area contributed by atoms with Gasteiger partial charge in [0.15, 0.2) is 5.16 Å². The summed E-state index contributed by atoms with van der Waals surface area (Å²) in [7, 11) is 0. The van der Waals surface area contributed by atoms with E-state index in [1.165, 1.54) is 47.4 Å². The quantitative estimate of drug-likeness (QED) is 0.187. The van der Waals surface area contributed by atoms with Gasteiger partial charge in [0.1, 0.15) is 15.9 Å². The highest BCUT2D eigenvalue weighted by atomic mass is 32.2. The average Bonchev–Trinajstić information content (AvgIpc) is 3.20. The Hall–Kier alpha value is -3.75. The maximum atomic E-state index is 13.8. The Kier molecular flexibility index (Phi) is 7.21. The second kappa shape index (κ2) is 10.7. The summed E-state index contributed by atoms with van der Waals surface area (Å²) in [6.07, 6.45) is 0. The van der Waals surface area contributed by atoms with Crippen LogP contribution >= 0.6 is 23.1 Å². The standard InChI is InChI=1S/C29H24FN3O2S2/c1-18-19(2)36-27-24(18)28(35)33(17-20-9-5-3-6-10-20)29(32-27)37-25(21-11-7-4-8-12-21)26(34)31-23-15-13-22(30)14-16-23/h3-16,25H,17H2,1-2H3,(H,31,34)/t25-/m1/s1. The summed E-state index contributed by atoms with van der Waals surface area (Å²) in [5.74, 6) is -0.669. The summed E-state index contributed by atoms with van der Waals surface area (Å²) >= 11 is 2.72. The number of anilines is 1. The monoisotopic (exact) mass is 529 g/mol. The van der Waals surface area contributed by atoms with Gasteiger partial charge in [-0.1, -0.05) is 72.4 Å². The molecule has 0 aliphatic rings. The topological polar surface area (TPSA) is 64.0 Å². The van der Waals surface area contributed by atoms with Gasteiger partial charge >= 0.3 is 0 Å². The molecule has 0 spiro atoms. The Morgan fingerprint density at radius 2 is 1.65 bits per heavy atom. The van der Waals surface area contributed by atoms with E-state index in [-0.39, 0.29) is 17.3 Å². The van der Waals surface area contributed by atoms with Gasteiger partial charge in [0, 0.05) is 10.6 Å². The van der Waals surface area contributed by atoms with Crippen molar-refractivity contribution in [1.82, 2.24) is 9.55 Å². The van der Waals surface area contributed by atoms with E-state index in [0.29, 0.717) is 27.6 Å². The third kappa shape index (κ3) is 5.35. The number of benzene rings is 3. The lowest BCUT2D eigenvalue weighted by molar-refractivity contribution is -0.115. The number of nitrogens with one attached hydrogen (secondary N) is 1. The number of hydrogen-bond acceptors (Lipinski definition) is 5. The Balaban J connectivity index is 1.60. The van der Waals surface area contributed by atoms with Crippen LogP contribution in [0.25, 0.3) is 10.2 Å². The third-order valence-corrected chi connectivity index (χ3v) is 8.46. The van der Waals surface area contributed by atoms with Crippen LogP contribution in [0, 0.1) is 19.7 Å². The largest absolute Gasteiger partial charge is 0.325 e. The maximum absolute atomic E-state index is 13.8. The molecule has 1 atom stereocenters. The smallest absolute Gasteiger partial charge is 0.263 e. The lowest BCUT2D eigenvalue weighted by Gasteiger charge is -2.19. The molecule has 8 heteroatoms. The number of carbonyl (C=O) groups excluding carboxylic acids is 1. The fourth-order valence-electron chi connectivity index (χ4n) is 4.05. The first-order valence-electron chi connectivity index (χ1n) is 11.7. The van der Waals surface area contributed by atoms with Crippen LogP contribution in [0.1, 0.15) is 26.8 Å². The first kappa shape index (κ1) is 24.9. The van der Waals surface area contributed by atoms with Crippen molar-refractivity contribution >= 4 is 44.9 Å². The summed E-state index contributed by atoms with van der Waals surface area (Å²) < 4.78 is 15.1. The molecule has 1 amide bonds. The molecule has 0 fully saturated rings. The zero-order valence-corrected chi connectivity index (χ0v) is 21.9. The van der Waals surface area contributed by atoms with E-state index in [4.69, 9.17) is 4.98 Å². The summed E-state index contributed by atoms with van der Waals surface area (Å²) in [4.78, 5) is 33.9. The maximum Gasteiger partial charge on any atom is 0.263 e. The molecule has 0 unspecified atom stereocenters. The molecule has 0 aliphatic heterocycles. The highest BCUT2D eigenvalue weighted by Gasteiger charge is 2.26. The van der Waals surface area contributed by atoms with Crippen molar-refractivity contribution in [2.75, 3.05) is 5.32 Å². The van der Waals surface area contributed by atoms with Gasteiger partial charge in [-0.05, 0) is 54.8 Å². The molecule has 2 heterocycles. The van der Waals surface area contributed by atoms with Gasteiger partial charge in [0.05, 0.1) is 11.9 Å². The number of aryl methyl sites for hydroxylation is 2. The lowest BCUT2D eigenvalue weighted by Crippen LogP contribution is -2.26. The highest BCUT2D eigenvalue weighted by Crippen LogP contribution is 2.37. The molecule has 5 aromatic rings. The van der Waals surface area contributed by atoms with Crippen LogP contribution in [0.4, 0.5) is 10.1 Å². The Bertz CT molecular complexity index is 1620. The molecule has 0 saturated carbocycles. The Labute approximate surface area is 222 Å². The van der Waals surface area contributed by atoms with Gasteiger partial charge < -0.3 is 5.32 Å². The third-order valence-electron chi connectivity index (χ3n) is 6.11. The lowest BCUT2D eigenvalue weighted by atomic mass is 10.1. The number of carbonyl (C=O) groups is 1. The molecule has 0 aliphatic carbocycles. The number of thioether (sulfide) groups is 1. The van der Waals surface area contributed by atoms with Crippen molar-refractivity contribution in [2.24, 2.45) is 0 Å². The Morgan fingerprint density at radius 3 is 2.32 bits per heavy atom. The van der Waals surface area contributed by atoms with E-state index >= 15 is 0 Å². The zero-order valence-electron chi connectivity index (χ0n) is 20.3. The predicted molar refractivity (Wildman–Crippen MR) is 149 cm³/mol. The van der Waals surface area contributed by atoms with Crippen molar-refractivity contribution in [1.29, 1.82) is 0 Å². The highest BCUT2D eigenvalue weighted by molar-refractivity contribution is 8.00. The number of hydrogen-bond donors (Lipinski definition) is 1. The van der Waals surface area contributed by atoms with Gasteiger partial charge in [0.25, 0.3) is 5.56 Å². The fourth-order valence-corrected chi connectivity index (χ4v) is 6.22. The molecule has 186 valence electrons. The molecule has 5 rings (SSSR count). The summed E-state index contributed by atoms with van der Waals surface area (Å²) in [5, 5.41) is 3.27. The van der Waals surface area contributed by atoms with Crippen LogP contribution in [0.5, 0.6) is 0 Å². The van der Waals surface area contributed by atoms with Gasteiger partial charge in [-0.3, -0.25) is 14.2 Å². The van der Waals surface area contributed by atoms with Crippen LogP contribution < -0.4 is 10.9 Å². The molecule has 5 nitrogen and oxygen atoms in total. The van der Waals surface area contributed by atoms with E-state index in [1.54, 1.807) is 4.57 Å². The van der Waals surface area contributed by atoms with Crippen LogP contribution in [-0.4, -0.2) is 15.5 Å². The van der Waals surface area contributed by atoms with Crippen molar-refractivity contribution < 1.29 is 9.18 Å². The van der Waals surface area contributed by atoms with Crippen molar-refractivity contribution in [3.05, 3.63) is 123 Å². The van der Waals surface area contributed by atoms with E-state index < -0.39 is 5.25 Å². The van der Waals surface area contributed by atoms with Crippen LogP contribution in [0.2, 0.25) is 0 Å². The summed E-state index contributed by atoms with van der Waals surface area (Å²) in [6, 6.07) is 24.7. The summed E-state index contributed by atoms with van der Waals surface area (Å²) in [5.41, 5.74) is 3.03. The average molecular weight is 530 g/mol. The van der Waals surface area contributed by atoms with Crippen LogP contribution in [0.15, 0.2) is 94.9 Å². The van der Waals surface area contributed by atoms with Crippen LogP contribution in [-0.2, 0) is 11.3 Å². The molecule has 37 heavy (non-hydrogen) atoms. The van der Waals surface area contributed by atoms with E-state index in [0.717, 1.165) is 21.6 Å². The minimum Gasteiger partial charge on any atom is -0.325 e. The van der Waals surface area contributed by atoms with Gasteiger partial charge in [-0.2, -0.15) is 0 Å². The first-order chi connectivity index (χ1) is 17.9. The van der Waals surface area contributed by atoms with E-state index in [2.05, 4.69) is 5.32 Å². The number of halogens is 1. The van der Waals surface area contributed by atoms with Crippen molar-refractivity contribution in [3.63, 3.8) is 0 Å². The summed E-state index contributed by atoms with van der Waals surface area (Å²) in [6.45, 7) is 4.26. The van der Waals surface area contributed by atoms with E-state index in [9.17, 15) is 14.0 Å². The minimum absolute atomic E-state index is 0.121. The normalized spacial score (nSPS) is 12.0. The number of rotatable bonds is 7. The van der Waals surface area contributed by atoms with Gasteiger partial charge in [-0.15, -0.1) is 11.3 Å². The van der Waals surface area contributed by atoms with Gasteiger partial charge in [-0.25, -0.2) is 9.37 Å². The van der Waals surface area contributed by atoms with Crippen molar-refractivity contribution in [3.8, 4) is 0 Å².